The monoisotopic (exact) mass is 1690 g/mol. The summed E-state index contributed by atoms with van der Waals surface area (Å²) < 4.78 is 5.48. The number of hydrogen-bond donors (Lipinski definition) is 6. The molecule has 7 aromatic rings. The van der Waals surface area contributed by atoms with Crippen LogP contribution in [0.2, 0.25) is 30.1 Å². The van der Waals surface area contributed by atoms with E-state index in [2.05, 4.69) is 166 Å². The van der Waals surface area contributed by atoms with E-state index in [-0.39, 0.29) is 83.5 Å². The van der Waals surface area contributed by atoms with Gasteiger partial charge in [-0.3, -0.25) is 33.7 Å². The molecule has 4 saturated heterocycles. The Kier molecular flexibility index (Phi) is 38.1. The summed E-state index contributed by atoms with van der Waals surface area (Å²) in [5.41, 5.74) is 6.27. The third-order valence-electron chi connectivity index (χ3n) is 22.5. The molecule has 0 unspecified atom stereocenters. The Balaban J connectivity index is 0.000000198. The van der Waals surface area contributed by atoms with Crippen LogP contribution in [0.15, 0.2) is 176 Å². The summed E-state index contributed by atoms with van der Waals surface area (Å²) in [6, 6.07) is 55.0. The largest absolute Gasteiger partial charge is 0.379 e. The maximum absolute atomic E-state index is 13.9. The molecule has 4 heterocycles. The predicted octanol–water partition coefficient (Wildman–Crippen LogP) is 15.4. The number of nitrogens with zero attached hydrogens (tertiary/aromatic N) is 6. The van der Waals surface area contributed by atoms with E-state index in [1.807, 2.05) is 58.1 Å². The van der Waals surface area contributed by atoms with Crippen molar-refractivity contribution in [3.63, 3.8) is 0 Å². The standard InChI is InChI=1S/C32H38Cl2N4O2.C29H38Cl2N4O3.C29H40Cl2N4O2/c1-3-23(24-10-6-4-7-11-24)22-38-19-16-26(21-35-31(39)25-14-15-28(33)29(34)20-25)36-30(32(38)40)17-18-37(2)27-12-8-5-9-13-27;1-2-21(22-6-4-3-5-7-22)20-35-13-10-24(19-32-28(36)23-8-9-25(30)26(31)18-23)33-27(29(35)37)11-12-34-14-16-38-17-15-34;1-4-21(22-10-8-7-9-11-22)20-35-17-14-24(33-27(29(35)37)15-16-34(5-2)6-3)19-32-28(36)23-12-13-25(30)26(31)18-23/h4-15,20,23,26,30,36H,3,16-19,21-22H2,1-2H3,(H,35,39);3-9,18,21,24,27,33H,2,10-17,19-20H2,1H3,(H,32,36);7-13,18,21,24,27,33H,4-6,14-17,19-20H2,1-3H3,(H,32,36)/t23-,26+,30+;2*21-,24+,27+/m111/s1. The van der Waals surface area contributed by atoms with Gasteiger partial charge in [0.25, 0.3) is 17.7 Å². The second-order valence-electron chi connectivity index (χ2n) is 30.1. The predicted molar refractivity (Wildman–Crippen MR) is 469 cm³/mol. The van der Waals surface area contributed by atoms with Crippen LogP contribution < -0.4 is 36.8 Å². The molecule has 9 atom stereocenters. The molecule has 115 heavy (non-hydrogen) atoms. The zero-order valence-electron chi connectivity index (χ0n) is 67.3. The van der Waals surface area contributed by atoms with Gasteiger partial charge in [-0.2, -0.15) is 0 Å². The molecule has 4 aliphatic rings. The van der Waals surface area contributed by atoms with Crippen LogP contribution in [0.4, 0.5) is 5.69 Å². The second kappa shape index (κ2) is 47.9. The third-order valence-corrected chi connectivity index (χ3v) is 24.7. The SMILES string of the molecule is CC[C@H](CN1CC[C@@H](CNC(=O)c2ccc(Cl)c(Cl)c2)N[C@@H](CCN(C)c2ccccc2)C1=O)c1ccccc1.CC[C@H](CN1CC[C@@H](CNC(=O)c2ccc(Cl)c(Cl)c2)N[C@@H](CCN(CC)CC)C1=O)c1ccccc1.CC[C@H](CN1CC[C@@H](CNC(=O)c2ccc(Cl)c(Cl)c2)N[C@@H](CCN2CCOCC2)C1=O)c1ccccc1. The van der Waals surface area contributed by atoms with Crippen LogP contribution in [0.1, 0.15) is 158 Å². The van der Waals surface area contributed by atoms with Crippen LogP contribution in [0.3, 0.4) is 0 Å². The fraction of sp³-hybridized carbons (Fsp3) is 0.467. The summed E-state index contributed by atoms with van der Waals surface area (Å²) in [6.07, 6.45) is 7.24. The molecule has 7 aromatic carbocycles. The lowest BCUT2D eigenvalue weighted by molar-refractivity contribution is -0.134. The molecule has 620 valence electrons. The summed E-state index contributed by atoms with van der Waals surface area (Å²) in [5.74, 6) is 0.623. The van der Waals surface area contributed by atoms with Crippen molar-refractivity contribution >= 4 is 111 Å². The number of benzene rings is 7. The molecule has 6 amide bonds. The summed E-state index contributed by atoms with van der Waals surface area (Å²) >= 11 is 36.3. The molecule has 0 aromatic heterocycles. The van der Waals surface area contributed by atoms with Crippen LogP contribution >= 0.6 is 69.6 Å². The van der Waals surface area contributed by atoms with E-state index in [4.69, 9.17) is 74.3 Å². The zero-order valence-corrected chi connectivity index (χ0v) is 71.9. The Hall–Kier alpha value is -7.34. The van der Waals surface area contributed by atoms with E-state index in [0.29, 0.717) is 124 Å². The van der Waals surface area contributed by atoms with Crippen LogP contribution in [-0.2, 0) is 19.1 Å². The average Bonchev–Trinajstić information content (AvgIpc) is 1.76. The molecule has 0 aliphatic carbocycles. The number of amides is 6. The fourth-order valence-corrected chi connectivity index (χ4v) is 16.2. The van der Waals surface area contributed by atoms with Gasteiger partial charge in [0.05, 0.1) is 61.5 Å². The number of morpholine rings is 1. The summed E-state index contributed by atoms with van der Waals surface area (Å²) in [5, 5.41) is 22.1. The quantitative estimate of drug-likeness (QED) is 0.0227. The molecular weight excluding hydrogens is 1570 g/mol. The van der Waals surface area contributed by atoms with Crippen LogP contribution in [0.25, 0.3) is 0 Å². The van der Waals surface area contributed by atoms with E-state index in [1.165, 1.54) is 16.7 Å². The van der Waals surface area contributed by atoms with E-state index in [1.54, 1.807) is 54.6 Å². The molecule has 0 saturated carbocycles. The third kappa shape index (κ3) is 28.4. The Bertz CT molecular complexity index is 4170. The van der Waals surface area contributed by atoms with Crippen molar-refractivity contribution in [1.29, 1.82) is 0 Å². The van der Waals surface area contributed by atoms with Crippen molar-refractivity contribution in [2.75, 3.05) is 130 Å². The molecule has 19 nitrogen and oxygen atoms in total. The van der Waals surface area contributed by atoms with Crippen molar-refractivity contribution in [2.45, 2.75) is 146 Å². The van der Waals surface area contributed by atoms with Gasteiger partial charge in [-0.1, -0.05) is 213 Å². The highest BCUT2D eigenvalue weighted by molar-refractivity contribution is 6.43. The lowest BCUT2D eigenvalue weighted by Gasteiger charge is -2.31. The highest BCUT2D eigenvalue weighted by atomic mass is 35.5. The first kappa shape index (κ1) is 91.6. The van der Waals surface area contributed by atoms with Gasteiger partial charge < -0.3 is 61.1 Å². The molecule has 6 N–H and O–H groups in total. The second-order valence-corrected chi connectivity index (χ2v) is 32.6. The zero-order chi connectivity index (χ0) is 82.2. The Labute approximate surface area is 711 Å². The van der Waals surface area contributed by atoms with Crippen molar-refractivity contribution < 1.29 is 33.5 Å². The minimum absolute atomic E-state index is 0.0147. The minimum atomic E-state index is -0.353. The van der Waals surface area contributed by atoms with Crippen LogP contribution in [0, 0.1) is 0 Å². The highest BCUT2D eigenvalue weighted by Gasteiger charge is 2.37. The Morgan fingerprint density at radius 3 is 1.07 bits per heavy atom. The number of anilines is 1. The summed E-state index contributed by atoms with van der Waals surface area (Å²) in [6.45, 7) is 23.6. The molecule has 0 spiro atoms. The minimum Gasteiger partial charge on any atom is -0.379 e. The first-order chi connectivity index (χ1) is 55.6. The van der Waals surface area contributed by atoms with Gasteiger partial charge in [-0.15, -0.1) is 0 Å². The number of hydrogen-bond acceptors (Lipinski definition) is 13. The van der Waals surface area contributed by atoms with Gasteiger partial charge in [-0.05, 0) is 154 Å². The summed E-state index contributed by atoms with van der Waals surface area (Å²) in [4.78, 5) is 92.7. The first-order valence-electron chi connectivity index (χ1n) is 40.9. The van der Waals surface area contributed by atoms with Crippen LogP contribution in [0.5, 0.6) is 0 Å². The van der Waals surface area contributed by atoms with E-state index in [9.17, 15) is 28.8 Å². The number of para-hydroxylation sites is 1. The lowest BCUT2D eigenvalue weighted by Crippen LogP contribution is -2.50. The van der Waals surface area contributed by atoms with Gasteiger partial charge in [-0.25, -0.2) is 0 Å². The number of ether oxygens (including phenoxy) is 1. The molecule has 4 fully saturated rings. The van der Waals surface area contributed by atoms with Gasteiger partial charge in [0.2, 0.25) is 17.7 Å². The van der Waals surface area contributed by atoms with Crippen molar-refractivity contribution in [3.8, 4) is 0 Å². The van der Waals surface area contributed by atoms with E-state index < -0.39 is 0 Å². The average molecular weight is 1690 g/mol. The van der Waals surface area contributed by atoms with Crippen molar-refractivity contribution in [1.82, 2.24) is 56.4 Å². The molecule has 25 heteroatoms. The van der Waals surface area contributed by atoms with Crippen LogP contribution in [-0.4, -0.2) is 221 Å². The van der Waals surface area contributed by atoms with E-state index in [0.717, 1.165) is 110 Å². The van der Waals surface area contributed by atoms with Gasteiger partial charge in [0.1, 0.15) is 0 Å². The Morgan fingerprint density at radius 2 is 0.748 bits per heavy atom. The van der Waals surface area contributed by atoms with Gasteiger partial charge in [0.15, 0.2) is 0 Å². The number of halogens is 6. The Morgan fingerprint density at radius 1 is 0.426 bits per heavy atom. The molecule has 11 rings (SSSR count). The number of rotatable bonds is 33. The lowest BCUT2D eigenvalue weighted by atomic mass is 9.95. The van der Waals surface area contributed by atoms with Gasteiger partial charge >= 0.3 is 0 Å². The van der Waals surface area contributed by atoms with E-state index >= 15 is 0 Å². The van der Waals surface area contributed by atoms with Gasteiger partial charge in [0, 0.05) is 157 Å². The topological polar surface area (TPSA) is 203 Å². The summed E-state index contributed by atoms with van der Waals surface area (Å²) in [7, 11) is 2.05. The normalized spacial score (nSPS) is 19.6. The molecule has 0 radical (unpaired) electrons. The van der Waals surface area contributed by atoms with Crippen molar-refractivity contribution in [3.05, 3.63) is 239 Å². The maximum Gasteiger partial charge on any atom is 0.251 e. The number of nitrogens with one attached hydrogen (secondary N) is 6. The smallest absolute Gasteiger partial charge is 0.251 e. The highest BCUT2D eigenvalue weighted by Crippen LogP contribution is 2.30. The number of carbonyl (C=O) groups excluding carboxylic acids is 6. The first-order valence-corrected chi connectivity index (χ1v) is 43.2. The molecule has 0 bridgehead atoms. The molecular formula is C90H116Cl6N12O7. The fourth-order valence-electron chi connectivity index (χ4n) is 15.3. The van der Waals surface area contributed by atoms with Crippen molar-refractivity contribution in [2.24, 2.45) is 0 Å². The maximum atomic E-state index is 13.9. The molecule has 4 aliphatic heterocycles. The number of carbonyl (C=O) groups is 6.